The van der Waals surface area contributed by atoms with Gasteiger partial charge in [-0.25, -0.2) is 14.3 Å². The lowest BCUT2D eigenvalue weighted by molar-refractivity contribution is -0.138. The number of hydrogen-bond donors (Lipinski definition) is 0. The van der Waals surface area contributed by atoms with Crippen molar-refractivity contribution >= 4 is 17.0 Å². The molecule has 0 saturated carbocycles. The Kier molecular flexibility index (Phi) is 6.05. The highest BCUT2D eigenvalue weighted by Crippen LogP contribution is 2.33. The fourth-order valence-corrected chi connectivity index (χ4v) is 3.79. The molecule has 0 atom stereocenters. The maximum Gasteiger partial charge on any atom is 0.416 e. The maximum atomic E-state index is 13.4. The van der Waals surface area contributed by atoms with Gasteiger partial charge in [-0.1, -0.05) is 17.3 Å². The molecule has 0 N–H and O–H groups in total. The Hall–Kier alpha value is -4.22. The van der Waals surface area contributed by atoms with E-state index in [0.717, 1.165) is 21.4 Å². The van der Waals surface area contributed by atoms with Gasteiger partial charge in [0.05, 0.1) is 29.9 Å². The zero-order valence-corrected chi connectivity index (χ0v) is 19.0. The molecule has 0 amide bonds. The Morgan fingerprint density at radius 1 is 1.14 bits per heavy atom. The van der Waals surface area contributed by atoms with Gasteiger partial charge in [-0.15, -0.1) is 5.10 Å². The van der Waals surface area contributed by atoms with Crippen LogP contribution in [0.15, 0.2) is 52.2 Å². The molecule has 0 aliphatic heterocycles. The van der Waals surface area contributed by atoms with Gasteiger partial charge < -0.3 is 4.74 Å². The van der Waals surface area contributed by atoms with E-state index in [1.165, 1.54) is 23.7 Å². The highest BCUT2D eigenvalue weighted by molar-refractivity contribution is 5.88. The molecule has 4 aromatic rings. The van der Waals surface area contributed by atoms with E-state index in [1.54, 1.807) is 32.2 Å². The molecule has 35 heavy (non-hydrogen) atoms. The fourth-order valence-electron chi connectivity index (χ4n) is 3.79. The number of alkyl halides is 3. The number of benzene rings is 2. The quantitative estimate of drug-likeness (QED) is 0.402. The first kappa shape index (κ1) is 23.9. The number of esters is 1. The number of carbonyl (C=O) groups is 1. The predicted molar refractivity (Wildman–Crippen MR) is 120 cm³/mol. The van der Waals surface area contributed by atoms with Crippen LogP contribution in [0.1, 0.15) is 34.0 Å². The molecule has 2 heterocycles. The first-order valence-electron chi connectivity index (χ1n) is 10.5. The molecule has 0 radical (unpaired) electrons. The molecule has 9 nitrogen and oxygen atoms in total. The molecule has 0 saturated heterocycles. The Bertz CT molecular complexity index is 1570. The van der Waals surface area contributed by atoms with E-state index < -0.39 is 41.1 Å². The van der Waals surface area contributed by atoms with Gasteiger partial charge in [0.2, 0.25) is 0 Å². The summed E-state index contributed by atoms with van der Waals surface area (Å²) in [4.78, 5) is 39.0. The second-order valence-corrected chi connectivity index (χ2v) is 7.78. The number of nitrogens with zero attached hydrogens (tertiary/aromatic N) is 5. The van der Waals surface area contributed by atoms with Crippen molar-refractivity contribution in [3.05, 3.63) is 85.7 Å². The van der Waals surface area contributed by atoms with Gasteiger partial charge >= 0.3 is 17.8 Å². The largest absolute Gasteiger partial charge is 0.462 e. The number of carbonyl (C=O) groups excluding carboxylic acids is 1. The minimum absolute atomic E-state index is 0.0182. The average Bonchev–Trinajstić information content (AvgIpc) is 3.17. The zero-order chi connectivity index (χ0) is 25.5. The van der Waals surface area contributed by atoms with Crippen LogP contribution in [0.3, 0.4) is 0 Å². The summed E-state index contributed by atoms with van der Waals surface area (Å²) >= 11 is 0. The Morgan fingerprint density at radius 2 is 1.89 bits per heavy atom. The van der Waals surface area contributed by atoms with E-state index in [4.69, 9.17) is 4.74 Å². The average molecular weight is 487 g/mol. The van der Waals surface area contributed by atoms with Gasteiger partial charge in [0.15, 0.2) is 0 Å². The molecular formula is C23H20F3N5O4. The SMILES string of the molecule is CCOC(=O)c1cn(-c2ccc3c(c2)nnn3C)c(=O)n(Cc2cccc(C(F)(F)F)c2C)c1=O. The van der Waals surface area contributed by atoms with Crippen molar-refractivity contribution in [2.24, 2.45) is 7.05 Å². The highest BCUT2D eigenvalue weighted by atomic mass is 19.4. The smallest absolute Gasteiger partial charge is 0.416 e. The van der Waals surface area contributed by atoms with Gasteiger partial charge in [-0.3, -0.25) is 13.9 Å². The number of aromatic nitrogens is 5. The summed E-state index contributed by atoms with van der Waals surface area (Å²) in [6.45, 7) is 2.32. The Morgan fingerprint density at radius 3 is 2.57 bits per heavy atom. The number of ether oxygens (including phenoxy) is 1. The highest BCUT2D eigenvalue weighted by Gasteiger charge is 2.33. The number of fused-ring (bicyclic) bond motifs is 1. The number of hydrogen-bond acceptors (Lipinski definition) is 6. The van der Waals surface area contributed by atoms with Crippen LogP contribution in [0.4, 0.5) is 13.2 Å². The molecule has 182 valence electrons. The van der Waals surface area contributed by atoms with Crippen molar-refractivity contribution in [3.8, 4) is 5.69 Å². The van der Waals surface area contributed by atoms with Gasteiger partial charge in [-0.2, -0.15) is 13.2 Å². The third kappa shape index (κ3) is 4.34. The lowest BCUT2D eigenvalue weighted by atomic mass is 10.0. The second kappa shape index (κ2) is 8.85. The standard InChI is InChI=1S/C23H20F3N5O4/c1-4-35-21(33)16-12-30(15-8-9-19-18(10-15)27-28-29(19)3)22(34)31(20(16)32)11-14-6-5-7-17(13(14)2)23(24,25)26/h5-10,12H,4,11H2,1-3H3. The summed E-state index contributed by atoms with van der Waals surface area (Å²) in [5.74, 6) is -0.957. The minimum Gasteiger partial charge on any atom is -0.462 e. The zero-order valence-electron chi connectivity index (χ0n) is 19.0. The molecular weight excluding hydrogens is 467 g/mol. The van der Waals surface area contributed by atoms with Crippen LogP contribution in [-0.4, -0.2) is 36.7 Å². The van der Waals surface area contributed by atoms with E-state index in [0.29, 0.717) is 11.0 Å². The van der Waals surface area contributed by atoms with Crippen LogP contribution < -0.4 is 11.2 Å². The summed E-state index contributed by atoms with van der Waals surface area (Å²) in [5, 5.41) is 7.91. The summed E-state index contributed by atoms with van der Waals surface area (Å²) in [6, 6.07) is 8.29. The molecule has 0 spiro atoms. The first-order chi connectivity index (χ1) is 16.5. The molecule has 0 fully saturated rings. The van der Waals surface area contributed by atoms with Gasteiger partial charge in [0.1, 0.15) is 11.1 Å². The monoisotopic (exact) mass is 487 g/mol. The fraction of sp³-hybridized carbons (Fsp3) is 0.261. The molecule has 0 aliphatic carbocycles. The number of rotatable bonds is 5. The van der Waals surface area contributed by atoms with Crippen LogP contribution in [-0.2, 0) is 24.5 Å². The maximum absolute atomic E-state index is 13.4. The number of halogens is 3. The minimum atomic E-state index is -4.61. The summed E-state index contributed by atoms with van der Waals surface area (Å²) in [5.41, 5.74) is -1.72. The summed E-state index contributed by atoms with van der Waals surface area (Å²) in [6.07, 6.45) is -3.54. The predicted octanol–water partition coefficient (Wildman–Crippen LogP) is 2.83. The Balaban J connectivity index is 1.93. The molecule has 0 aliphatic rings. The van der Waals surface area contributed by atoms with Crippen LogP contribution in [0.5, 0.6) is 0 Å². The molecule has 2 aromatic heterocycles. The van der Waals surface area contributed by atoms with E-state index >= 15 is 0 Å². The Labute approximate surface area is 196 Å². The third-order valence-corrected chi connectivity index (χ3v) is 5.62. The number of aryl methyl sites for hydroxylation is 1. The van der Waals surface area contributed by atoms with Crippen molar-refractivity contribution in [2.45, 2.75) is 26.6 Å². The molecule has 4 rings (SSSR count). The lowest BCUT2D eigenvalue weighted by Crippen LogP contribution is -2.42. The van der Waals surface area contributed by atoms with Gasteiger partial charge in [0, 0.05) is 13.2 Å². The van der Waals surface area contributed by atoms with Gasteiger partial charge in [0.25, 0.3) is 5.56 Å². The molecule has 12 heteroatoms. The summed E-state index contributed by atoms with van der Waals surface area (Å²) in [7, 11) is 1.69. The molecule has 0 unspecified atom stereocenters. The van der Waals surface area contributed by atoms with Crippen LogP contribution in [0, 0.1) is 6.92 Å². The third-order valence-electron chi connectivity index (χ3n) is 5.62. The topological polar surface area (TPSA) is 101 Å². The van der Waals surface area contributed by atoms with Crippen molar-refractivity contribution in [1.82, 2.24) is 24.1 Å². The summed E-state index contributed by atoms with van der Waals surface area (Å²) < 4.78 is 48.4. The van der Waals surface area contributed by atoms with Crippen LogP contribution >= 0.6 is 0 Å². The normalized spacial score (nSPS) is 11.7. The van der Waals surface area contributed by atoms with E-state index in [-0.39, 0.29) is 23.4 Å². The van der Waals surface area contributed by atoms with Gasteiger partial charge in [-0.05, 0) is 49.2 Å². The second-order valence-electron chi connectivity index (χ2n) is 7.78. The molecule has 0 bridgehead atoms. The van der Waals surface area contributed by atoms with Crippen molar-refractivity contribution in [2.75, 3.05) is 6.61 Å². The van der Waals surface area contributed by atoms with Crippen molar-refractivity contribution < 1.29 is 22.7 Å². The van der Waals surface area contributed by atoms with Crippen molar-refractivity contribution in [1.29, 1.82) is 0 Å². The van der Waals surface area contributed by atoms with Crippen LogP contribution in [0.25, 0.3) is 16.7 Å². The molecule has 2 aromatic carbocycles. The van der Waals surface area contributed by atoms with E-state index in [2.05, 4.69) is 10.3 Å². The van der Waals surface area contributed by atoms with Crippen LogP contribution in [0.2, 0.25) is 0 Å². The van der Waals surface area contributed by atoms with E-state index in [1.807, 2.05) is 0 Å². The lowest BCUT2D eigenvalue weighted by Gasteiger charge is -2.16. The van der Waals surface area contributed by atoms with E-state index in [9.17, 15) is 27.6 Å². The van der Waals surface area contributed by atoms with Crippen molar-refractivity contribution in [3.63, 3.8) is 0 Å². The first-order valence-corrected chi connectivity index (χ1v) is 10.5.